The highest BCUT2D eigenvalue weighted by Crippen LogP contribution is 2.11. The molecule has 1 aromatic carbocycles. The Bertz CT molecular complexity index is 735. The number of aliphatic carboxylic acids is 1. The molecule has 1 aromatic heterocycles. The van der Waals surface area contributed by atoms with E-state index >= 15 is 0 Å². The maximum atomic E-state index is 12.1. The van der Waals surface area contributed by atoms with Gasteiger partial charge >= 0.3 is 5.97 Å². The average molecular weight is 309 g/mol. The first-order valence-corrected chi connectivity index (χ1v) is 7.64. The molecule has 7 nitrogen and oxygen atoms in total. The quantitative estimate of drug-likeness (QED) is 0.810. The van der Waals surface area contributed by atoms with Gasteiger partial charge in [0, 0.05) is 13.2 Å². The van der Waals surface area contributed by atoms with Gasteiger partial charge in [-0.1, -0.05) is 12.1 Å². The Balaban J connectivity index is 2.06. The molecule has 0 atom stereocenters. The molecule has 0 bridgehead atoms. The van der Waals surface area contributed by atoms with E-state index in [2.05, 4.69) is 9.82 Å². The highest BCUT2D eigenvalue weighted by atomic mass is 32.2. The van der Waals surface area contributed by atoms with Crippen LogP contribution in [0, 0.1) is 0 Å². The van der Waals surface area contributed by atoms with Crippen LogP contribution in [0.15, 0.2) is 41.4 Å². The maximum absolute atomic E-state index is 12.1. The van der Waals surface area contributed by atoms with E-state index in [0.717, 1.165) is 0 Å². The molecule has 0 amide bonds. The van der Waals surface area contributed by atoms with Crippen molar-refractivity contribution in [2.75, 3.05) is 0 Å². The van der Waals surface area contributed by atoms with Gasteiger partial charge in [0.05, 0.1) is 23.6 Å². The Labute approximate surface area is 122 Å². The fraction of sp³-hybridized carbons (Fsp3) is 0.231. The third-order valence-corrected chi connectivity index (χ3v) is 4.22. The lowest BCUT2D eigenvalue weighted by atomic mass is 10.2. The molecule has 8 heteroatoms. The Kier molecular flexibility index (Phi) is 4.39. The molecule has 0 aliphatic heterocycles. The van der Waals surface area contributed by atoms with Gasteiger partial charge in [-0.25, -0.2) is 13.1 Å². The van der Waals surface area contributed by atoms with Gasteiger partial charge in [-0.2, -0.15) is 5.10 Å². The molecule has 0 spiro atoms. The Morgan fingerprint density at radius 2 is 1.95 bits per heavy atom. The second-order valence-electron chi connectivity index (χ2n) is 4.52. The van der Waals surface area contributed by atoms with Crippen molar-refractivity contribution in [2.24, 2.45) is 7.05 Å². The highest BCUT2D eigenvalue weighted by Gasteiger charge is 2.14. The molecule has 0 radical (unpaired) electrons. The molecule has 0 unspecified atom stereocenters. The molecule has 112 valence electrons. The van der Waals surface area contributed by atoms with Crippen LogP contribution in [-0.2, 0) is 34.8 Å². The summed E-state index contributed by atoms with van der Waals surface area (Å²) in [6.45, 7) is 0.0973. The second-order valence-corrected chi connectivity index (χ2v) is 6.29. The summed E-state index contributed by atoms with van der Waals surface area (Å²) < 4.78 is 28.2. The van der Waals surface area contributed by atoms with E-state index in [9.17, 15) is 13.2 Å². The Morgan fingerprint density at radius 3 is 2.48 bits per heavy atom. The minimum absolute atomic E-state index is 0.0903. The third-order valence-electron chi connectivity index (χ3n) is 2.80. The van der Waals surface area contributed by atoms with Crippen molar-refractivity contribution in [1.29, 1.82) is 0 Å². The minimum atomic E-state index is -3.64. The Morgan fingerprint density at radius 1 is 1.29 bits per heavy atom. The molecule has 2 aromatic rings. The molecule has 0 fully saturated rings. The van der Waals surface area contributed by atoms with Crippen LogP contribution in [0.3, 0.4) is 0 Å². The normalized spacial score (nSPS) is 11.5. The van der Waals surface area contributed by atoms with E-state index in [4.69, 9.17) is 5.11 Å². The summed E-state index contributed by atoms with van der Waals surface area (Å²) in [5.74, 6) is -0.959. The van der Waals surface area contributed by atoms with Crippen molar-refractivity contribution in [2.45, 2.75) is 17.9 Å². The zero-order chi connectivity index (χ0) is 15.5. The molecule has 0 saturated heterocycles. The number of aromatic nitrogens is 2. The summed E-state index contributed by atoms with van der Waals surface area (Å²) in [4.78, 5) is 10.7. The standard InChI is InChI=1S/C13H15N3O4S/c1-16-7-6-11(15-16)9-14-21(19,20)12-4-2-10(3-5-12)8-13(17)18/h2-7,14H,8-9H2,1H3,(H,17,18). The number of hydrogen-bond acceptors (Lipinski definition) is 4. The van der Waals surface area contributed by atoms with Crippen molar-refractivity contribution in [1.82, 2.24) is 14.5 Å². The predicted octanol–water partition coefficient (Wildman–Crippen LogP) is 0.526. The monoisotopic (exact) mass is 309 g/mol. The molecule has 1 heterocycles. The number of nitrogens with zero attached hydrogens (tertiary/aromatic N) is 2. The van der Waals surface area contributed by atoms with Crippen LogP contribution in [0.25, 0.3) is 0 Å². The van der Waals surface area contributed by atoms with Gasteiger partial charge in [0.2, 0.25) is 10.0 Å². The minimum Gasteiger partial charge on any atom is -0.481 e. The number of aryl methyl sites for hydroxylation is 1. The van der Waals surface area contributed by atoms with E-state index in [1.165, 1.54) is 24.3 Å². The van der Waals surface area contributed by atoms with Gasteiger partial charge in [0.25, 0.3) is 0 Å². The van der Waals surface area contributed by atoms with E-state index in [1.807, 2.05) is 0 Å². The molecule has 2 N–H and O–H groups in total. The highest BCUT2D eigenvalue weighted by molar-refractivity contribution is 7.89. The number of hydrogen-bond donors (Lipinski definition) is 2. The number of carboxylic acid groups (broad SMARTS) is 1. The number of carboxylic acids is 1. The van der Waals surface area contributed by atoms with Crippen molar-refractivity contribution in [3.8, 4) is 0 Å². The number of rotatable bonds is 6. The van der Waals surface area contributed by atoms with E-state index < -0.39 is 16.0 Å². The predicted molar refractivity (Wildman–Crippen MR) is 75.0 cm³/mol. The first kappa shape index (κ1) is 15.2. The molecule has 0 saturated carbocycles. The number of sulfonamides is 1. The van der Waals surface area contributed by atoms with Crippen molar-refractivity contribution >= 4 is 16.0 Å². The van der Waals surface area contributed by atoms with Gasteiger partial charge in [-0.05, 0) is 23.8 Å². The van der Waals surface area contributed by atoms with E-state index in [0.29, 0.717) is 11.3 Å². The largest absolute Gasteiger partial charge is 0.481 e. The smallest absolute Gasteiger partial charge is 0.307 e. The zero-order valence-corrected chi connectivity index (χ0v) is 12.2. The molecule has 2 rings (SSSR count). The van der Waals surface area contributed by atoms with Gasteiger partial charge in [-0.15, -0.1) is 0 Å². The fourth-order valence-electron chi connectivity index (χ4n) is 1.77. The van der Waals surface area contributed by atoms with Gasteiger partial charge in [0.1, 0.15) is 0 Å². The summed E-state index contributed by atoms with van der Waals surface area (Å²) in [5, 5.41) is 12.7. The zero-order valence-electron chi connectivity index (χ0n) is 11.4. The van der Waals surface area contributed by atoms with E-state index in [-0.39, 0.29) is 17.9 Å². The van der Waals surface area contributed by atoms with Crippen LogP contribution in [-0.4, -0.2) is 29.3 Å². The first-order chi connectivity index (χ1) is 9.87. The van der Waals surface area contributed by atoms with E-state index in [1.54, 1.807) is 24.0 Å². The summed E-state index contributed by atoms with van der Waals surface area (Å²) in [7, 11) is -1.89. The van der Waals surface area contributed by atoms with Crippen LogP contribution in [0.2, 0.25) is 0 Å². The van der Waals surface area contributed by atoms with Gasteiger partial charge < -0.3 is 5.11 Å². The molecular weight excluding hydrogens is 294 g/mol. The van der Waals surface area contributed by atoms with Crippen LogP contribution in [0.5, 0.6) is 0 Å². The third kappa shape index (κ3) is 4.14. The van der Waals surface area contributed by atoms with Crippen molar-refractivity contribution < 1.29 is 18.3 Å². The lowest BCUT2D eigenvalue weighted by molar-refractivity contribution is -0.136. The molecular formula is C13H15N3O4S. The van der Waals surface area contributed by atoms with Gasteiger partial charge in [0.15, 0.2) is 0 Å². The molecule has 0 aliphatic rings. The lowest BCUT2D eigenvalue weighted by Gasteiger charge is -2.06. The maximum Gasteiger partial charge on any atom is 0.307 e. The molecule has 0 aliphatic carbocycles. The molecule has 21 heavy (non-hydrogen) atoms. The van der Waals surface area contributed by atoms with Crippen LogP contribution < -0.4 is 4.72 Å². The SMILES string of the molecule is Cn1ccc(CNS(=O)(=O)c2ccc(CC(=O)O)cc2)n1. The summed E-state index contributed by atoms with van der Waals surface area (Å²) in [6.07, 6.45) is 1.59. The number of benzene rings is 1. The van der Waals surface area contributed by atoms with Gasteiger partial charge in [-0.3, -0.25) is 9.48 Å². The summed E-state index contributed by atoms with van der Waals surface area (Å²) in [5.41, 5.74) is 1.16. The average Bonchev–Trinajstić information content (AvgIpc) is 2.82. The van der Waals surface area contributed by atoms with Crippen molar-refractivity contribution in [3.05, 3.63) is 47.8 Å². The van der Waals surface area contributed by atoms with Crippen LogP contribution >= 0.6 is 0 Å². The van der Waals surface area contributed by atoms with Crippen molar-refractivity contribution in [3.63, 3.8) is 0 Å². The lowest BCUT2D eigenvalue weighted by Crippen LogP contribution is -2.23. The Hall–Kier alpha value is -2.19. The van der Waals surface area contributed by atoms with Crippen LogP contribution in [0.1, 0.15) is 11.3 Å². The fourth-order valence-corrected chi connectivity index (χ4v) is 2.77. The second kappa shape index (κ2) is 6.06. The number of carbonyl (C=O) groups is 1. The van der Waals surface area contributed by atoms with Crippen LogP contribution in [0.4, 0.5) is 0 Å². The number of nitrogens with one attached hydrogen (secondary N) is 1. The summed E-state index contributed by atoms with van der Waals surface area (Å²) >= 11 is 0. The first-order valence-electron chi connectivity index (χ1n) is 6.16. The topological polar surface area (TPSA) is 101 Å². The summed E-state index contributed by atoms with van der Waals surface area (Å²) in [6, 6.07) is 7.48.